The number of pyridine rings is 1. The summed E-state index contributed by atoms with van der Waals surface area (Å²) in [5, 5.41) is 38.7. The lowest BCUT2D eigenvalue weighted by Crippen LogP contribution is -2.39. The third-order valence-electron chi connectivity index (χ3n) is 6.14. The summed E-state index contributed by atoms with van der Waals surface area (Å²) in [6.45, 7) is 1.80. The van der Waals surface area contributed by atoms with Gasteiger partial charge in [0.05, 0.1) is 30.4 Å². The van der Waals surface area contributed by atoms with Gasteiger partial charge in [-0.2, -0.15) is 10.5 Å². The number of amides is 2. The van der Waals surface area contributed by atoms with Gasteiger partial charge >= 0.3 is 0 Å². The standard InChI is InChI=1S/C25H28N6O4S/c1-3-17-18(9-26)24(30(2)13-21(34)31-11-16(14-32)20(33)12-31)29-25(19(17)10-27)36-22(23(28)35)15-7-5-4-6-8-15/h4-8,16,20,22,32-33H,3,11-14H2,1-2H3,(H2,28,35)/t16-,20+,22?/m0/s1. The molecule has 1 saturated heterocycles. The number of carbonyl (C=O) groups excluding carboxylic acids is 2. The Morgan fingerprint density at radius 1 is 1.25 bits per heavy atom. The third-order valence-corrected chi connectivity index (χ3v) is 7.40. The van der Waals surface area contributed by atoms with Crippen LogP contribution >= 0.6 is 11.8 Å². The number of carbonyl (C=O) groups is 2. The number of benzene rings is 1. The van der Waals surface area contributed by atoms with Gasteiger partial charge in [-0.1, -0.05) is 49.0 Å². The number of primary amides is 1. The van der Waals surface area contributed by atoms with E-state index in [-0.39, 0.29) is 54.1 Å². The Morgan fingerprint density at radius 2 is 1.92 bits per heavy atom. The number of thioether (sulfide) groups is 1. The number of likely N-dealkylation sites (N-methyl/N-ethyl adjacent to an activating group) is 1. The number of anilines is 1. The Morgan fingerprint density at radius 3 is 2.44 bits per heavy atom. The fourth-order valence-electron chi connectivity index (χ4n) is 4.19. The molecule has 1 fully saturated rings. The molecule has 10 nitrogen and oxygen atoms in total. The molecule has 36 heavy (non-hydrogen) atoms. The van der Waals surface area contributed by atoms with E-state index in [0.29, 0.717) is 17.5 Å². The van der Waals surface area contributed by atoms with Crippen molar-refractivity contribution in [3.8, 4) is 12.1 Å². The molecule has 3 atom stereocenters. The molecule has 0 spiro atoms. The normalized spacial score (nSPS) is 17.8. The van der Waals surface area contributed by atoms with Crippen LogP contribution in [-0.4, -0.2) is 71.3 Å². The third kappa shape index (κ3) is 5.60. The first-order valence-corrected chi connectivity index (χ1v) is 12.3. The molecule has 188 valence electrons. The highest BCUT2D eigenvalue weighted by Gasteiger charge is 2.34. The molecule has 1 aromatic heterocycles. The van der Waals surface area contributed by atoms with Crippen molar-refractivity contribution in [2.24, 2.45) is 11.7 Å². The molecule has 1 aliphatic heterocycles. The minimum absolute atomic E-state index is 0.114. The largest absolute Gasteiger partial charge is 0.396 e. The van der Waals surface area contributed by atoms with Crippen molar-refractivity contribution in [2.45, 2.75) is 29.7 Å². The molecule has 4 N–H and O–H groups in total. The molecule has 2 aromatic rings. The zero-order valence-electron chi connectivity index (χ0n) is 20.1. The van der Waals surface area contributed by atoms with Gasteiger partial charge < -0.3 is 25.7 Å². The Bertz CT molecular complexity index is 1210. The first kappa shape index (κ1) is 27.0. The molecule has 0 bridgehead atoms. The number of nitriles is 2. The maximum Gasteiger partial charge on any atom is 0.242 e. The van der Waals surface area contributed by atoms with Crippen molar-refractivity contribution in [2.75, 3.05) is 38.2 Å². The van der Waals surface area contributed by atoms with Crippen molar-refractivity contribution in [1.82, 2.24) is 9.88 Å². The lowest BCUT2D eigenvalue weighted by Gasteiger charge is -2.25. The van der Waals surface area contributed by atoms with Crippen LogP contribution in [0.25, 0.3) is 0 Å². The zero-order chi connectivity index (χ0) is 26.4. The smallest absolute Gasteiger partial charge is 0.242 e. The fraction of sp³-hybridized carbons (Fsp3) is 0.400. The van der Waals surface area contributed by atoms with Gasteiger partial charge in [-0.05, 0) is 17.5 Å². The number of aromatic nitrogens is 1. The lowest BCUT2D eigenvalue weighted by molar-refractivity contribution is -0.129. The van der Waals surface area contributed by atoms with Crippen LogP contribution in [0.15, 0.2) is 35.4 Å². The number of β-amino-alcohol motifs (C(OH)–C–C–N with tert-alkyl or cyclic N) is 1. The highest BCUT2D eigenvalue weighted by Crippen LogP contribution is 2.39. The molecular weight excluding hydrogens is 480 g/mol. The van der Waals surface area contributed by atoms with Crippen molar-refractivity contribution >= 4 is 29.4 Å². The topological polar surface area (TPSA) is 168 Å². The van der Waals surface area contributed by atoms with Gasteiger partial charge in [0.15, 0.2) is 0 Å². The lowest BCUT2D eigenvalue weighted by atomic mass is 10.0. The number of nitrogens with zero attached hydrogens (tertiary/aromatic N) is 5. The minimum Gasteiger partial charge on any atom is -0.396 e. The van der Waals surface area contributed by atoms with E-state index >= 15 is 0 Å². The number of hydrogen-bond acceptors (Lipinski definition) is 9. The van der Waals surface area contributed by atoms with Crippen LogP contribution in [0, 0.1) is 28.6 Å². The molecule has 0 aliphatic carbocycles. The Labute approximate surface area is 213 Å². The summed E-state index contributed by atoms with van der Waals surface area (Å²) in [5.41, 5.74) is 7.18. The summed E-state index contributed by atoms with van der Waals surface area (Å²) in [4.78, 5) is 32.8. The van der Waals surface area contributed by atoms with Crippen LogP contribution < -0.4 is 10.6 Å². The van der Waals surface area contributed by atoms with E-state index in [4.69, 9.17) is 5.73 Å². The van der Waals surface area contributed by atoms with Gasteiger partial charge in [-0.25, -0.2) is 4.98 Å². The molecule has 3 rings (SSSR count). The summed E-state index contributed by atoms with van der Waals surface area (Å²) < 4.78 is 0. The van der Waals surface area contributed by atoms with Crippen LogP contribution in [0.4, 0.5) is 5.82 Å². The van der Waals surface area contributed by atoms with Crippen molar-refractivity contribution in [3.05, 3.63) is 52.6 Å². The average molecular weight is 509 g/mol. The molecule has 2 heterocycles. The summed E-state index contributed by atoms with van der Waals surface area (Å²) in [6, 6.07) is 13.1. The predicted octanol–water partition coefficient (Wildman–Crippen LogP) is 0.954. The first-order chi connectivity index (χ1) is 17.2. The number of aliphatic hydroxyl groups is 2. The van der Waals surface area contributed by atoms with E-state index in [2.05, 4.69) is 17.1 Å². The van der Waals surface area contributed by atoms with E-state index in [1.165, 1.54) is 9.80 Å². The molecule has 0 saturated carbocycles. The second-order valence-electron chi connectivity index (χ2n) is 8.52. The Kier molecular flexibility index (Phi) is 8.88. The summed E-state index contributed by atoms with van der Waals surface area (Å²) in [5.74, 6) is -1.09. The van der Waals surface area contributed by atoms with Gasteiger partial charge in [-0.3, -0.25) is 9.59 Å². The number of aliphatic hydroxyl groups excluding tert-OH is 2. The Hall–Kier alpha value is -3.64. The predicted molar refractivity (Wildman–Crippen MR) is 134 cm³/mol. The van der Waals surface area contributed by atoms with Crippen LogP contribution in [-0.2, 0) is 16.0 Å². The quantitative estimate of drug-likeness (QED) is 0.418. The molecular formula is C25H28N6O4S. The average Bonchev–Trinajstić information content (AvgIpc) is 3.27. The Balaban J connectivity index is 1.99. The van der Waals surface area contributed by atoms with Crippen LogP contribution in [0.5, 0.6) is 0 Å². The number of likely N-dealkylation sites (tertiary alicyclic amines) is 1. The van der Waals surface area contributed by atoms with Crippen molar-refractivity contribution < 1.29 is 19.8 Å². The van der Waals surface area contributed by atoms with Gasteiger partial charge in [0.1, 0.15) is 28.2 Å². The summed E-state index contributed by atoms with van der Waals surface area (Å²) in [7, 11) is 1.61. The maximum absolute atomic E-state index is 12.9. The molecule has 1 unspecified atom stereocenters. The van der Waals surface area contributed by atoms with Crippen LogP contribution in [0.2, 0.25) is 0 Å². The van der Waals surface area contributed by atoms with Gasteiger partial charge in [0.2, 0.25) is 11.8 Å². The number of rotatable bonds is 9. The highest BCUT2D eigenvalue weighted by atomic mass is 32.2. The van der Waals surface area contributed by atoms with Gasteiger partial charge in [0, 0.05) is 26.1 Å². The second kappa shape index (κ2) is 11.9. The van der Waals surface area contributed by atoms with Gasteiger partial charge in [-0.15, -0.1) is 0 Å². The minimum atomic E-state index is -0.815. The van der Waals surface area contributed by atoms with Gasteiger partial charge in [0.25, 0.3) is 0 Å². The number of nitrogens with two attached hydrogens (primary N) is 1. The van der Waals surface area contributed by atoms with E-state index in [1.807, 2.05) is 13.0 Å². The fourth-order valence-corrected chi connectivity index (χ4v) is 5.25. The molecule has 11 heteroatoms. The molecule has 1 aliphatic rings. The first-order valence-electron chi connectivity index (χ1n) is 11.4. The van der Waals surface area contributed by atoms with Crippen LogP contribution in [0.1, 0.15) is 34.4 Å². The monoisotopic (exact) mass is 508 g/mol. The molecule has 1 aromatic carbocycles. The summed E-state index contributed by atoms with van der Waals surface area (Å²) in [6.07, 6.45) is -0.440. The van der Waals surface area contributed by atoms with Crippen LogP contribution in [0.3, 0.4) is 0 Å². The van der Waals surface area contributed by atoms with E-state index in [1.54, 1.807) is 31.3 Å². The van der Waals surface area contributed by atoms with E-state index in [9.17, 15) is 30.3 Å². The number of hydrogen-bond donors (Lipinski definition) is 3. The van der Waals surface area contributed by atoms with Crippen molar-refractivity contribution in [1.29, 1.82) is 10.5 Å². The molecule has 0 radical (unpaired) electrons. The van der Waals surface area contributed by atoms with E-state index in [0.717, 1.165) is 11.8 Å². The highest BCUT2D eigenvalue weighted by molar-refractivity contribution is 8.00. The SMILES string of the molecule is CCc1c(C#N)c(SC(C(N)=O)c2ccccc2)nc(N(C)CC(=O)N2C[C@@H](CO)[C@H](O)C2)c1C#N. The zero-order valence-corrected chi connectivity index (χ0v) is 20.9. The van der Waals surface area contributed by atoms with E-state index < -0.39 is 23.2 Å². The molecule has 2 amide bonds. The maximum atomic E-state index is 12.9. The summed E-state index contributed by atoms with van der Waals surface area (Å²) >= 11 is 1.03. The van der Waals surface area contributed by atoms with Crippen molar-refractivity contribution in [3.63, 3.8) is 0 Å². The second-order valence-corrected chi connectivity index (χ2v) is 9.62.